The molecule has 1 rings (SSSR count). The van der Waals surface area contributed by atoms with Crippen LogP contribution in [0.3, 0.4) is 0 Å². The van der Waals surface area contributed by atoms with E-state index in [9.17, 15) is 8.42 Å². The summed E-state index contributed by atoms with van der Waals surface area (Å²) in [5, 5.41) is 11.9. The number of nitrogens with one attached hydrogen (secondary N) is 1. The molecule has 0 atom stereocenters. The van der Waals surface area contributed by atoms with Gasteiger partial charge >= 0.3 is 0 Å². The van der Waals surface area contributed by atoms with E-state index in [1.54, 1.807) is 0 Å². The molecule has 0 aliphatic carbocycles. The molecule has 0 aromatic carbocycles. The van der Waals surface area contributed by atoms with Crippen LogP contribution >= 0.6 is 11.8 Å². The van der Waals surface area contributed by atoms with E-state index in [1.165, 1.54) is 0 Å². The molecule has 0 aliphatic heterocycles. The first-order valence-corrected chi connectivity index (χ1v) is 4.99. The number of rotatable bonds is 3. The summed E-state index contributed by atoms with van der Waals surface area (Å²) in [4.78, 5) is 0. The monoisotopic (exact) mass is 196 g/mol. The third-order valence-corrected chi connectivity index (χ3v) is 2.78. The van der Waals surface area contributed by atoms with E-state index < -0.39 is 15.2 Å². The van der Waals surface area contributed by atoms with Crippen LogP contribution in [0.15, 0.2) is 5.16 Å². The van der Waals surface area contributed by atoms with Crippen molar-refractivity contribution < 1.29 is 13.0 Å². The Hall–Kier alpha value is -0.670. The van der Waals surface area contributed by atoms with E-state index in [-0.39, 0.29) is 5.16 Å². The van der Waals surface area contributed by atoms with Gasteiger partial charge in [-0.3, -0.25) is 4.55 Å². The van der Waals surface area contributed by atoms with E-state index >= 15 is 0 Å². The van der Waals surface area contributed by atoms with Gasteiger partial charge in [-0.05, 0) is 10.4 Å². The summed E-state index contributed by atoms with van der Waals surface area (Å²) in [5.74, 6) is 0. The second kappa shape index (κ2) is 3.15. The molecule has 1 aromatic heterocycles. The summed E-state index contributed by atoms with van der Waals surface area (Å²) in [5.41, 5.74) is 0. The normalized spacial score (nSPS) is 11.7. The van der Waals surface area contributed by atoms with Crippen LogP contribution in [0.5, 0.6) is 0 Å². The van der Waals surface area contributed by atoms with Crippen molar-refractivity contribution in [2.45, 2.75) is 5.16 Å². The van der Waals surface area contributed by atoms with E-state index in [2.05, 4.69) is 20.6 Å². The summed E-state index contributed by atoms with van der Waals surface area (Å²) in [7, 11) is -3.95. The Morgan fingerprint density at radius 1 is 1.64 bits per heavy atom. The minimum Gasteiger partial charge on any atom is -0.285 e. The van der Waals surface area contributed by atoms with Gasteiger partial charge in [-0.2, -0.15) is 8.42 Å². The molecule has 9 heteroatoms. The van der Waals surface area contributed by atoms with Crippen molar-refractivity contribution in [2.75, 3.05) is 5.08 Å². The summed E-state index contributed by atoms with van der Waals surface area (Å²) >= 11 is 0.804. The highest BCUT2D eigenvalue weighted by Gasteiger charge is 2.07. The molecule has 11 heavy (non-hydrogen) atoms. The van der Waals surface area contributed by atoms with Gasteiger partial charge in [-0.15, -0.1) is 5.10 Å². The molecule has 2 N–H and O–H groups in total. The molecule has 1 heterocycles. The molecule has 0 radical (unpaired) electrons. The van der Waals surface area contributed by atoms with Gasteiger partial charge in [0.15, 0.2) is 0 Å². The summed E-state index contributed by atoms with van der Waals surface area (Å²) in [6.07, 6.45) is 0. The maximum atomic E-state index is 10.2. The molecule has 0 saturated carbocycles. The highest BCUT2D eigenvalue weighted by atomic mass is 32.3. The SMILES string of the molecule is O=S(=O)(O)CSc1nnn[nH]1. The molecule has 0 unspecified atom stereocenters. The molecule has 62 valence electrons. The second-order valence-electron chi connectivity index (χ2n) is 1.55. The molecule has 7 nitrogen and oxygen atoms in total. The average molecular weight is 196 g/mol. The smallest absolute Gasteiger partial charge is 0.274 e. The first-order chi connectivity index (χ1) is 5.08. The van der Waals surface area contributed by atoms with Crippen molar-refractivity contribution in [1.29, 1.82) is 0 Å². The lowest BCUT2D eigenvalue weighted by molar-refractivity contribution is 0.489. The Kier molecular flexibility index (Phi) is 2.42. The Balaban J connectivity index is 2.48. The Morgan fingerprint density at radius 2 is 2.36 bits per heavy atom. The van der Waals surface area contributed by atoms with Crippen LogP contribution in [0.4, 0.5) is 0 Å². The third-order valence-electron chi connectivity index (χ3n) is 0.670. The van der Waals surface area contributed by atoms with Crippen molar-refractivity contribution >= 4 is 21.9 Å². The lowest BCUT2D eigenvalue weighted by atomic mass is 11.4. The number of H-pyrrole nitrogens is 1. The van der Waals surface area contributed by atoms with Gasteiger partial charge in [0.1, 0.15) is 5.08 Å². The summed E-state index contributed by atoms with van der Waals surface area (Å²) < 4.78 is 28.6. The quantitative estimate of drug-likeness (QED) is 0.478. The van der Waals surface area contributed by atoms with Crippen LogP contribution in [-0.2, 0) is 10.1 Å². The molecule has 0 amide bonds. The lowest BCUT2D eigenvalue weighted by Gasteiger charge is -1.90. The van der Waals surface area contributed by atoms with E-state index in [1.807, 2.05) is 0 Å². The highest BCUT2D eigenvalue weighted by molar-refractivity contribution is 8.10. The predicted octanol–water partition coefficient (Wildman–Crippen LogP) is -0.863. The molecule has 0 aliphatic rings. The molecule has 0 fully saturated rings. The van der Waals surface area contributed by atoms with Crippen molar-refractivity contribution in [2.24, 2.45) is 0 Å². The van der Waals surface area contributed by atoms with E-state index in [0.717, 1.165) is 11.8 Å². The lowest BCUT2D eigenvalue weighted by Crippen LogP contribution is -1.99. The standard InChI is InChI=1S/C2H4N4O3S2/c7-11(8,9)1-10-2-3-5-6-4-2/h1H2,(H,7,8,9)(H,3,4,5,6). The number of aromatic nitrogens is 4. The van der Waals surface area contributed by atoms with Gasteiger partial charge in [-0.25, -0.2) is 5.10 Å². The topological polar surface area (TPSA) is 109 Å². The molecule has 0 spiro atoms. The number of nitrogens with zero attached hydrogens (tertiary/aromatic N) is 3. The number of hydrogen-bond donors (Lipinski definition) is 2. The minimum absolute atomic E-state index is 0.252. The van der Waals surface area contributed by atoms with Gasteiger partial charge in [0, 0.05) is 0 Å². The van der Waals surface area contributed by atoms with E-state index in [0.29, 0.717) is 0 Å². The van der Waals surface area contributed by atoms with Gasteiger partial charge < -0.3 is 0 Å². The molecule has 0 saturated heterocycles. The zero-order valence-electron chi connectivity index (χ0n) is 5.13. The number of thioether (sulfide) groups is 1. The van der Waals surface area contributed by atoms with Crippen LogP contribution in [-0.4, -0.2) is 38.7 Å². The van der Waals surface area contributed by atoms with Crippen LogP contribution < -0.4 is 0 Å². The third kappa shape index (κ3) is 3.30. The molecule has 0 bridgehead atoms. The highest BCUT2D eigenvalue weighted by Crippen LogP contribution is 2.11. The maximum Gasteiger partial charge on any atom is 0.274 e. The molecular weight excluding hydrogens is 192 g/mol. The fourth-order valence-corrected chi connectivity index (χ4v) is 1.58. The second-order valence-corrected chi connectivity index (χ2v) is 4.33. The van der Waals surface area contributed by atoms with Crippen LogP contribution in [0.1, 0.15) is 0 Å². The Bertz CT molecular complexity index is 304. The van der Waals surface area contributed by atoms with Gasteiger partial charge in [-0.1, -0.05) is 11.8 Å². The number of hydrogen-bond acceptors (Lipinski definition) is 6. The van der Waals surface area contributed by atoms with Crippen molar-refractivity contribution in [3.05, 3.63) is 0 Å². The first-order valence-electron chi connectivity index (χ1n) is 2.39. The minimum atomic E-state index is -3.95. The number of tetrazole rings is 1. The van der Waals surface area contributed by atoms with Crippen LogP contribution in [0, 0.1) is 0 Å². The first kappa shape index (κ1) is 8.43. The van der Waals surface area contributed by atoms with Crippen molar-refractivity contribution in [3.8, 4) is 0 Å². The van der Waals surface area contributed by atoms with E-state index in [4.69, 9.17) is 4.55 Å². The molecular formula is C2H4N4O3S2. The largest absolute Gasteiger partial charge is 0.285 e. The molecule has 1 aromatic rings. The maximum absolute atomic E-state index is 10.2. The van der Waals surface area contributed by atoms with Crippen molar-refractivity contribution in [1.82, 2.24) is 20.6 Å². The Labute approximate surface area is 66.3 Å². The zero-order valence-corrected chi connectivity index (χ0v) is 6.76. The fraction of sp³-hybridized carbons (Fsp3) is 0.500. The average Bonchev–Trinajstić information content (AvgIpc) is 2.32. The van der Waals surface area contributed by atoms with Gasteiger partial charge in [0.25, 0.3) is 10.1 Å². The summed E-state index contributed by atoms with van der Waals surface area (Å²) in [6, 6.07) is 0. The van der Waals surface area contributed by atoms with Crippen LogP contribution in [0.25, 0.3) is 0 Å². The van der Waals surface area contributed by atoms with Gasteiger partial charge in [0.05, 0.1) is 0 Å². The number of aromatic amines is 1. The fourth-order valence-electron chi connectivity index (χ4n) is 0.342. The van der Waals surface area contributed by atoms with Crippen LogP contribution in [0.2, 0.25) is 0 Å². The zero-order chi connectivity index (χ0) is 8.32. The van der Waals surface area contributed by atoms with Crippen molar-refractivity contribution in [3.63, 3.8) is 0 Å². The summed E-state index contributed by atoms with van der Waals surface area (Å²) in [6.45, 7) is 0. The Morgan fingerprint density at radius 3 is 2.82 bits per heavy atom. The van der Waals surface area contributed by atoms with Gasteiger partial charge in [0.2, 0.25) is 5.16 Å². The predicted molar refractivity (Wildman–Crippen MR) is 36.5 cm³/mol.